The number of hydroxylamine groups is 2. The second-order valence-electron chi connectivity index (χ2n) is 22.4. The van der Waals surface area contributed by atoms with Crippen LogP contribution in [-0.4, -0.2) is 164 Å². The molecular formula is C55H85BF2N8O7+2. The quantitative estimate of drug-likeness (QED) is 0.0351. The second kappa shape index (κ2) is 26.8. The number of unbranched alkanes of at least 4 members (excludes halogenated alkanes) is 4. The van der Waals surface area contributed by atoms with E-state index in [0.29, 0.717) is 78.6 Å². The molecule has 5 rings (SSSR count). The Balaban J connectivity index is 1.20. The van der Waals surface area contributed by atoms with Gasteiger partial charge in [-0.05, 0) is 107 Å². The minimum Gasteiger partial charge on any atom is -0.394 e. The van der Waals surface area contributed by atoms with Crippen molar-refractivity contribution in [3.63, 3.8) is 0 Å². The Morgan fingerprint density at radius 1 is 0.822 bits per heavy atom. The molecule has 0 bridgehead atoms. The summed E-state index contributed by atoms with van der Waals surface area (Å²) in [6.45, 7) is 3.00. The van der Waals surface area contributed by atoms with Gasteiger partial charge in [0.15, 0.2) is 17.2 Å². The van der Waals surface area contributed by atoms with Crippen LogP contribution in [0.5, 0.6) is 0 Å². The van der Waals surface area contributed by atoms with Crippen molar-refractivity contribution < 1.29 is 55.7 Å². The molecule has 4 heterocycles. The van der Waals surface area contributed by atoms with Crippen molar-refractivity contribution in [2.24, 2.45) is 5.92 Å². The highest BCUT2D eigenvalue weighted by Gasteiger charge is 2.54. The average molecular weight is 1020 g/mol. The number of imide groups is 1. The summed E-state index contributed by atoms with van der Waals surface area (Å²) in [5, 5.41) is 6.51. The van der Waals surface area contributed by atoms with Crippen LogP contribution in [0.3, 0.4) is 0 Å². The average Bonchev–Trinajstić information content (AvgIpc) is 3.99. The van der Waals surface area contributed by atoms with E-state index in [1.807, 2.05) is 62.5 Å². The van der Waals surface area contributed by atoms with Crippen LogP contribution < -0.4 is 10.6 Å². The van der Waals surface area contributed by atoms with Gasteiger partial charge >= 0.3 is 12.9 Å². The molecule has 2 aromatic rings. The van der Waals surface area contributed by atoms with Crippen LogP contribution in [0.2, 0.25) is 0 Å². The number of amides is 4. The minimum atomic E-state index is -4.37. The maximum absolute atomic E-state index is 17.5. The van der Waals surface area contributed by atoms with Gasteiger partial charge in [0.25, 0.3) is 11.8 Å². The van der Waals surface area contributed by atoms with Crippen molar-refractivity contribution in [2.45, 2.75) is 135 Å². The number of quaternary nitrogens is 2. The number of halogens is 2. The van der Waals surface area contributed by atoms with E-state index in [2.05, 4.69) is 64.7 Å². The summed E-state index contributed by atoms with van der Waals surface area (Å²) < 4.78 is 39.1. The second-order valence-corrected chi connectivity index (χ2v) is 22.4. The van der Waals surface area contributed by atoms with Gasteiger partial charge in [0.05, 0.1) is 61.4 Å². The number of fused-ring (bicyclic) bond motifs is 2. The maximum atomic E-state index is 17.5. The summed E-state index contributed by atoms with van der Waals surface area (Å²) in [4.78, 5) is 84.1. The van der Waals surface area contributed by atoms with Gasteiger partial charge in [-0.1, -0.05) is 44.9 Å². The molecule has 2 atom stereocenters. The Morgan fingerprint density at radius 3 is 2.16 bits per heavy atom. The first kappa shape index (κ1) is 58.6. The molecule has 2 N–H and O–H groups in total. The molecule has 73 heavy (non-hydrogen) atoms. The lowest BCUT2D eigenvalue weighted by Gasteiger charge is -2.32. The lowest BCUT2D eigenvalue weighted by Crippen LogP contribution is -2.51. The van der Waals surface area contributed by atoms with Crippen molar-refractivity contribution in [3.8, 4) is 0 Å². The first-order valence-corrected chi connectivity index (χ1v) is 26.9. The van der Waals surface area contributed by atoms with Crippen molar-refractivity contribution in [1.82, 2.24) is 25.1 Å². The fraction of sp³-hybridized carbons (Fsp3) is 0.618. The van der Waals surface area contributed by atoms with E-state index >= 15 is 8.63 Å². The number of likely N-dealkylation sites (N-methyl/N-ethyl adjacent to an activating group) is 1. The largest absolute Gasteiger partial charge is 0.737 e. The van der Waals surface area contributed by atoms with Crippen LogP contribution in [0.25, 0.3) is 6.08 Å². The number of nitrogens with one attached hydrogen (secondary N) is 2. The Morgan fingerprint density at radius 2 is 1.51 bits per heavy atom. The van der Waals surface area contributed by atoms with Crippen molar-refractivity contribution >= 4 is 54.1 Å². The summed E-state index contributed by atoms with van der Waals surface area (Å²) in [7, 11) is 14.7. The molecule has 402 valence electrons. The number of rotatable bonds is 32. The van der Waals surface area contributed by atoms with Crippen molar-refractivity contribution in [3.05, 3.63) is 76.3 Å². The molecule has 0 spiro atoms. The fourth-order valence-electron chi connectivity index (χ4n) is 9.92. The van der Waals surface area contributed by atoms with Gasteiger partial charge in [-0.3, -0.25) is 24.0 Å². The van der Waals surface area contributed by atoms with E-state index in [4.69, 9.17) is 4.84 Å². The zero-order chi connectivity index (χ0) is 53.5. The molecule has 0 aliphatic carbocycles. The Labute approximate surface area is 433 Å². The molecule has 1 aromatic carbocycles. The van der Waals surface area contributed by atoms with E-state index in [-0.39, 0.29) is 50.2 Å². The summed E-state index contributed by atoms with van der Waals surface area (Å²) in [6, 6.07) is 10.4. The minimum absolute atomic E-state index is 0.0365. The van der Waals surface area contributed by atoms with Gasteiger partial charge in [-0.2, -0.15) is 0 Å². The highest BCUT2D eigenvalue weighted by molar-refractivity contribution is 6.58. The molecule has 3 aliphatic heterocycles. The van der Waals surface area contributed by atoms with E-state index < -0.39 is 42.6 Å². The third kappa shape index (κ3) is 17.1. The predicted octanol–water partition coefficient (Wildman–Crippen LogP) is 6.83. The fourth-order valence-corrected chi connectivity index (χ4v) is 9.92. The summed E-state index contributed by atoms with van der Waals surface area (Å²) >= 11 is 0. The van der Waals surface area contributed by atoms with Gasteiger partial charge in [0.2, 0.25) is 11.8 Å². The number of aromatic nitrogens is 1. The number of carbonyl (C=O) groups is 6. The maximum Gasteiger partial charge on any atom is 0.737 e. The van der Waals surface area contributed by atoms with Gasteiger partial charge < -0.3 is 46.9 Å². The molecule has 2 unspecified atom stereocenters. The number of aryl methyl sites for hydroxylation is 2. The van der Waals surface area contributed by atoms with Gasteiger partial charge in [0.1, 0.15) is 0 Å². The van der Waals surface area contributed by atoms with Gasteiger partial charge in [0, 0.05) is 86.5 Å². The normalized spacial score (nSPS) is 16.3. The number of nitrogens with zero attached hydrogens (tertiary/aromatic N) is 6. The van der Waals surface area contributed by atoms with Crippen molar-refractivity contribution in [2.75, 3.05) is 82.1 Å². The van der Waals surface area contributed by atoms with Crippen LogP contribution >= 0.6 is 0 Å². The third-order valence-corrected chi connectivity index (χ3v) is 14.0. The van der Waals surface area contributed by atoms with Crippen LogP contribution in [0.1, 0.15) is 139 Å². The van der Waals surface area contributed by atoms with E-state index in [9.17, 15) is 28.8 Å². The molecule has 15 nitrogen and oxygen atoms in total. The Kier molecular flexibility index (Phi) is 21.5. The Bertz CT molecular complexity index is 2350. The molecule has 3 aliphatic rings. The molecule has 1 fully saturated rings. The number of hydrogen-bond acceptors (Lipinski definition) is 8. The van der Waals surface area contributed by atoms with E-state index in [0.717, 1.165) is 84.7 Å². The van der Waals surface area contributed by atoms with Crippen LogP contribution in [0, 0.1) is 5.92 Å². The van der Waals surface area contributed by atoms with E-state index in [1.54, 1.807) is 0 Å². The number of ketones is 1. The standard InChI is InChI=1S/C55H83BF2N8O7/c1-10-12-22-42-37-45(62-48(42)40-49-43(26-21-36-66(7,8)9)38-47(63(49)56(62,57)58)41-23-15-13-16-24-41)28-29-51(68)60-46(11-2)50(67)39-44(25-18-20-35-65(4,5)6)55(72)59-32-34-61(3)33-19-14-17-27-54(71)73-64-52(69)30-31-53(64)70/h13,15-16,23-24,37-38,40,44,46H,10-12,14,17-22,25-36,39H2,1-9H3/p+2. The highest BCUT2D eigenvalue weighted by Crippen LogP contribution is 2.40. The monoisotopic (exact) mass is 1020 g/mol. The zero-order valence-electron chi connectivity index (χ0n) is 45.4. The van der Waals surface area contributed by atoms with Crippen molar-refractivity contribution in [1.29, 1.82) is 0 Å². The number of hydrogen-bond donors (Lipinski definition) is 2. The number of carbonyl (C=O) groups excluding carboxylic acids is 6. The highest BCUT2D eigenvalue weighted by atomic mass is 19.2. The third-order valence-electron chi connectivity index (χ3n) is 14.0. The number of benzene rings is 1. The lowest BCUT2D eigenvalue weighted by atomic mass is 9.88. The molecule has 0 radical (unpaired) electrons. The number of Topliss-reactive ketones (excluding diaryl/α,β-unsaturated/α-hetero) is 1. The van der Waals surface area contributed by atoms with Crippen LogP contribution in [-0.2, 0) is 46.4 Å². The summed E-state index contributed by atoms with van der Waals surface area (Å²) in [6.07, 6.45) is 12.4. The molecule has 4 amide bonds. The molecule has 1 aromatic heterocycles. The first-order valence-electron chi connectivity index (χ1n) is 26.9. The van der Waals surface area contributed by atoms with Gasteiger partial charge in [-0.15, -0.1) is 5.06 Å². The summed E-state index contributed by atoms with van der Waals surface area (Å²) in [5.74, 6) is -3.06. The molecule has 1 saturated heterocycles. The topological polar surface area (TPSA) is 150 Å². The smallest absolute Gasteiger partial charge is 0.394 e. The first-order chi connectivity index (χ1) is 34.5. The predicted molar refractivity (Wildman–Crippen MR) is 282 cm³/mol. The molecule has 18 heteroatoms. The number of allylic oxidation sites excluding steroid dienone is 2. The van der Waals surface area contributed by atoms with Gasteiger partial charge in [-0.25, -0.2) is 4.79 Å². The van der Waals surface area contributed by atoms with Crippen LogP contribution in [0.15, 0.2) is 53.7 Å². The van der Waals surface area contributed by atoms with E-state index in [1.165, 1.54) is 8.96 Å². The SMILES string of the molecule is CCCCc1cc(CCC(=O)NC(CC)C(=O)CC(CCCC[N+](C)(C)C)C(=O)NCCN(C)CCCCCC(=O)ON2C(=O)CCC2=O)n2c1C=C1C(CCC[N+](C)(C)C)=CC(c3ccccc3)=[N+]1[B-]2(F)F. The zero-order valence-corrected chi connectivity index (χ0v) is 45.4. The summed E-state index contributed by atoms with van der Waals surface area (Å²) in [5.41, 5.74) is 4.34. The Hall–Kier alpha value is -5.33. The molecule has 0 saturated carbocycles. The molecular weight excluding hydrogens is 933 g/mol. The van der Waals surface area contributed by atoms with Crippen LogP contribution in [0.4, 0.5) is 8.63 Å². The lowest BCUT2D eigenvalue weighted by molar-refractivity contribution is -0.870.